The van der Waals surface area contributed by atoms with Crippen molar-refractivity contribution >= 4 is 29.3 Å². The fourth-order valence-electron chi connectivity index (χ4n) is 3.01. The summed E-state index contributed by atoms with van der Waals surface area (Å²) in [7, 11) is 1.57. The first-order chi connectivity index (χ1) is 15.9. The molecule has 10 heteroatoms. The minimum Gasteiger partial charge on any atom is -0.497 e. The van der Waals surface area contributed by atoms with Crippen LogP contribution in [0.25, 0.3) is 0 Å². The Balaban J connectivity index is 1.65. The van der Waals surface area contributed by atoms with E-state index in [1.54, 1.807) is 55.0 Å². The number of hydrogen-bond donors (Lipinski definition) is 2. The van der Waals surface area contributed by atoms with E-state index in [1.165, 1.54) is 30.0 Å². The van der Waals surface area contributed by atoms with E-state index in [9.17, 15) is 14.0 Å². The molecular formula is C23H24FN5O3S. The number of benzene rings is 2. The van der Waals surface area contributed by atoms with Gasteiger partial charge in [0, 0.05) is 12.2 Å². The van der Waals surface area contributed by atoms with Crippen LogP contribution in [0.2, 0.25) is 0 Å². The average molecular weight is 470 g/mol. The number of halogens is 1. The SMILES string of the molecule is C=CCn1c(SCC(=O)Nc2ccc(OC)cc2)nnc1[C@@H](C)NC(=O)c1ccccc1F. The maximum atomic E-state index is 13.9. The van der Waals surface area contributed by atoms with Crippen molar-refractivity contribution in [2.75, 3.05) is 18.2 Å². The fourth-order valence-corrected chi connectivity index (χ4v) is 3.77. The molecule has 0 saturated carbocycles. The second-order valence-electron chi connectivity index (χ2n) is 6.98. The van der Waals surface area contributed by atoms with Crippen LogP contribution in [0.4, 0.5) is 10.1 Å². The molecule has 3 aromatic rings. The van der Waals surface area contributed by atoms with Crippen molar-refractivity contribution in [3.63, 3.8) is 0 Å². The molecule has 0 aliphatic rings. The van der Waals surface area contributed by atoms with Gasteiger partial charge in [-0.1, -0.05) is 30.0 Å². The first-order valence-corrected chi connectivity index (χ1v) is 11.1. The zero-order chi connectivity index (χ0) is 23.8. The molecule has 0 aliphatic heterocycles. The number of anilines is 1. The van der Waals surface area contributed by atoms with E-state index >= 15 is 0 Å². The highest BCUT2D eigenvalue weighted by Crippen LogP contribution is 2.22. The number of carbonyl (C=O) groups excluding carboxylic acids is 2. The van der Waals surface area contributed by atoms with Crippen molar-refractivity contribution in [3.8, 4) is 5.75 Å². The average Bonchev–Trinajstić information content (AvgIpc) is 3.21. The van der Waals surface area contributed by atoms with Gasteiger partial charge in [-0.2, -0.15) is 0 Å². The van der Waals surface area contributed by atoms with Crippen LogP contribution in [0, 0.1) is 5.82 Å². The van der Waals surface area contributed by atoms with Crippen molar-refractivity contribution in [3.05, 3.63) is 78.4 Å². The van der Waals surface area contributed by atoms with Gasteiger partial charge in [-0.05, 0) is 43.3 Å². The Morgan fingerprint density at radius 3 is 2.61 bits per heavy atom. The number of allylic oxidation sites excluding steroid dienone is 1. The third-order valence-corrected chi connectivity index (χ3v) is 5.58. The van der Waals surface area contributed by atoms with E-state index in [-0.39, 0.29) is 17.2 Å². The van der Waals surface area contributed by atoms with E-state index in [1.807, 2.05) is 0 Å². The molecular weight excluding hydrogens is 445 g/mol. The van der Waals surface area contributed by atoms with Crippen LogP contribution in [0.5, 0.6) is 5.75 Å². The standard InChI is InChI=1S/C23H24FN5O3S/c1-4-13-29-21(15(2)25-22(31)18-7-5-6-8-19(18)24)27-28-23(29)33-14-20(30)26-16-9-11-17(32-3)12-10-16/h4-12,15H,1,13-14H2,2-3H3,(H,25,31)(H,26,30)/t15-/m1/s1. The van der Waals surface area contributed by atoms with Gasteiger partial charge in [0.2, 0.25) is 5.91 Å². The lowest BCUT2D eigenvalue weighted by Crippen LogP contribution is -2.29. The Hall–Kier alpha value is -3.66. The van der Waals surface area contributed by atoms with Crippen molar-refractivity contribution in [1.29, 1.82) is 0 Å². The second kappa shape index (κ2) is 11.3. The molecule has 33 heavy (non-hydrogen) atoms. The van der Waals surface area contributed by atoms with Crippen LogP contribution in [0.1, 0.15) is 29.1 Å². The lowest BCUT2D eigenvalue weighted by atomic mass is 10.2. The van der Waals surface area contributed by atoms with Crippen molar-refractivity contribution in [2.24, 2.45) is 0 Å². The number of hydrogen-bond acceptors (Lipinski definition) is 6. The molecule has 0 bridgehead atoms. The normalized spacial score (nSPS) is 11.5. The zero-order valence-corrected chi connectivity index (χ0v) is 19.1. The molecule has 2 amide bonds. The van der Waals surface area contributed by atoms with Gasteiger partial charge in [-0.25, -0.2) is 4.39 Å². The zero-order valence-electron chi connectivity index (χ0n) is 18.2. The quantitative estimate of drug-likeness (QED) is 0.346. The van der Waals surface area contributed by atoms with Crippen LogP contribution in [-0.2, 0) is 11.3 Å². The highest BCUT2D eigenvalue weighted by molar-refractivity contribution is 7.99. The first kappa shape index (κ1) is 24.0. The number of amides is 2. The maximum absolute atomic E-state index is 13.9. The van der Waals surface area contributed by atoms with Crippen molar-refractivity contribution in [1.82, 2.24) is 20.1 Å². The fraction of sp³-hybridized carbons (Fsp3) is 0.217. The molecule has 0 unspecified atom stereocenters. The minimum atomic E-state index is -0.603. The molecule has 0 spiro atoms. The van der Waals surface area contributed by atoms with Crippen molar-refractivity contribution in [2.45, 2.75) is 24.7 Å². The molecule has 172 valence electrons. The summed E-state index contributed by atoms with van der Waals surface area (Å²) in [6.07, 6.45) is 1.67. The van der Waals surface area contributed by atoms with Gasteiger partial charge in [0.1, 0.15) is 11.6 Å². The van der Waals surface area contributed by atoms with Crippen molar-refractivity contribution < 1.29 is 18.7 Å². The lowest BCUT2D eigenvalue weighted by molar-refractivity contribution is -0.113. The molecule has 8 nitrogen and oxygen atoms in total. The molecule has 1 atom stereocenters. The van der Waals surface area contributed by atoms with Crippen LogP contribution in [-0.4, -0.2) is 39.4 Å². The summed E-state index contributed by atoms with van der Waals surface area (Å²) in [5, 5.41) is 14.4. The third-order valence-electron chi connectivity index (χ3n) is 4.62. The van der Waals surface area contributed by atoms with Gasteiger partial charge < -0.3 is 19.9 Å². The number of carbonyl (C=O) groups is 2. The van der Waals surface area contributed by atoms with Gasteiger partial charge in [0.05, 0.1) is 24.5 Å². The molecule has 0 saturated heterocycles. The van der Waals surface area contributed by atoms with Gasteiger partial charge in [-0.3, -0.25) is 9.59 Å². The summed E-state index contributed by atoms with van der Waals surface area (Å²) in [5.74, 6) is -0.0881. The van der Waals surface area contributed by atoms with Crippen LogP contribution >= 0.6 is 11.8 Å². The summed E-state index contributed by atoms with van der Waals surface area (Å²) in [4.78, 5) is 24.8. The molecule has 1 aromatic heterocycles. The summed E-state index contributed by atoms with van der Waals surface area (Å²) >= 11 is 1.21. The first-order valence-electron chi connectivity index (χ1n) is 10.1. The Bertz CT molecular complexity index is 1130. The summed E-state index contributed by atoms with van der Waals surface area (Å²) in [6, 6.07) is 12.2. The maximum Gasteiger partial charge on any atom is 0.254 e. The number of nitrogens with zero attached hydrogens (tertiary/aromatic N) is 3. The summed E-state index contributed by atoms with van der Waals surface area (Å²) in [5.41, 5.74) is 0.600. The van der Waals surface area contributed by atoms with E-state index in [0.29, 0.717) is 29.0 Å². The summed E-state index contributed by atoms with van der Waals surface area (Å²) < 4.78 is 20.8. The van der Waals surface area contributed by atoms with Gasteiger partial charge in [0.25, 0.3) is 5.91 Å². The van der Waals surface area contributed by atoms with E-state index in [0.717, 1.165) is 0 Å². The molecule has 2 N–H and O–H groups in total. The number of methoxy groups -OCH3 is 1. The van der Waals surface area contributed by atoms with E-state index < -0.39 is 17.8 Å². The highest BCUT2D eigenvalue weighted by Gasteiger charge is 2.21. The molecule has 0 aliphatic carbocycles. The number of thioether (sulfide) groups is 1. The van der Waals surface area contributed by atoms with E-state index in [4.69, 9.17) is 4.74 Å². The predicted molar refractivity (Wildman–Crippen MR) is 125 cm³/mol. The second-order valence-corrected chi connectivity index (χ2v) is 7.92. The predicted octanol–water partition coefficient (Wildman–Crippen LogP) is 3.83. The van der Waals surface area contributed by atoms with Crippen LogP contribution in [0.3, 0.4) is 0 Å². The number of ether oxygens (including phenoxy) is 1. The molecule has 3 rings (SSSR count). The summed E-state index contributed by atoms with van der Waals surface area (Å²) in [6.45, 7) is 5.86. The Morgan fingerprint density at radius 1 is 1.21 bits per heavy atom. The van der Waals surface area contributed by atoms with Gasteiger partial charge >= 0.3 is 0 Å². The largest absolute Gasteiger partial charge is 0.497 e. The topological polar surface area (TPSA) is 98.1 Å². The molecule has 0 radical (unpaired) electrons. The number of rotatable bonds is 10. The molecule has 0 fully saturated rings. The Kier molecular flexibility index (Phi) is 8.20. The monoisotopic (exact) mass is 469 g/mol. The third kappa shape index (κ3) is 6.19. The van der Waals surface area contributed by atoms with Crippen LogP contribution in [0.15, 0.2) is 66.3 Å². The van der Waals surface area contributed by atoms with Crippen LogP contribution < -0.4 is 15.4 Å². The van der Waals surface area contributed by atoms with E-state index in [2.05, 4.69) is 27.4 Å². The molecule has 2 aromatic carbocycles. The smallest absolute Gasteiger partial charge is 0.254 e. The minimum absolute atomic E-state index is 0.0519. The highest BCUT2D eigenvalue weighted by atomic mass is 32.2. The number of aromatic nitrogens is 3. The lowest BCUT2D eigenvalue weighted by Gasteiger charge is -2.15. The van der Waals surface area contributed by atoms with Gasteiger partial charge in [0.15, 0.2) is 11.0 Å². The van der Waals surface area contributed by atoms with Gasteiger partial charge in [-0.15, -0.1) is 16.8 Å². The molecule has 1 heterocycles. The number of nitrogens with one attached hydrogen (secondary N) is 2. The Labute approximate surface area is 195 Å². The Morgan fingerprint density at radius 2 is 1.94 bits per heavy atom.